The third kappa shape index (κ3) is 5.00. The fraction of sp³-hybridized carbons (Fsp3) is 0.273. The van der Waals surface area contributed by atoms with Crippen molar-refractivity contribution in [1.82, 2.24) is 29.7 Å². The Labute approximate surface area is 205 Å². The second-order valence-electron chi connectivity index (χ2n) is 7.72. The van der Waals surface area contributed by atoms with Gasteiger partial charge in [0, 0.05) is 18.7 Å². The molecule has 0 aliphatic heterocycles. The maximum absolute atomic E-state index is 13.7. The van der Waals surface area contributed by atoms with E-state index in [0.29, 0.717) is 11.6 Å². The van der Waals surface area contributed by atoms with E-state index in [9.17, 15) is 26.3 Å². The third-order valence-corrected chi connectivity index (χ3v) is 5.40. The lowest BCUT2D eigenvalue weighted by Crippen LogP contribution is -2.32. The smallest absolute Gasteiger partial charge is 0.364 e. The first-order chi connectivity index (χ1) is 17.5. The zero-order valence-corrected chi connectivity index (χ0v) is 19.1. The molecule has 1 atom stereocenters. The van der Waals surface area contributed by atoms with Gasteiger partial charge in [0.2, 0.25) is 0 Å². The van der Waals surface area contributed by atoms with Crippen LogP contribution in [-0.2, 0) is 17.1 Å². The van der Waals surface area contributed by atoms with Gasteiger partial charge in [-0.3, -0.25) is 0 Å². The molecule has 0 fully saturated rings. The Morgan fingerprint density at radius 3 is 2.38 bits per heavy atom. The van der Waals surface area contributed by atoms with E-state index in [2.05, 4.69) is 25.0 Å². The molecule has 0 spiro atoms. The summed E-state index contributed by atoms with van der Waals surface area (Å²) in [4.78, 5) is 17.3. The molecule has 4 rings (SSSR count). The summed E-state index contributed by atoms with van der Waals surface area (Å²) in [6.07, 6.45) is -6.81. The highest BCUT2D eigenvalue weighted by molar-refractivity contribution is 5.92. The standard InChI is InChI=1S/C22H16F6N8O/c1-12(19-33-10-34-36(19)17-4-3-13(7-29)8-30-17)35(11-37-2)20-15-5-14(21(23,24)25)6-16(22(26,27)28)18(15)31-9-32-20/h3-6,8-10,12H,11H2,1-2H3/t12-/m0/s1. The molecule has 37 heavy (non-hydrogen) atoms. The normalized spacial score (nSPS) is 12.9. The number of methoxy groups -OCH3 is 1. The number of halogens is 6. The van der Waals surface area contributed by atoms with Crippen molar-refractivity contribution in [3.8, 4) is 11.9 Å². The van der Waals surface area contributed by atoms with Crippen LogP contribution < -0.4 is 4.90 Å². The monoisotopic (exact) mass is 522 g/mol. The Morgan fingerprint density at radius 1 is 1.03 bits per heavy atom. The number of benzene rings is 1. The number of ether oxygens (including phenoxy) is 1. The van der Waals surface area contributed by atoms with E-state index in [4.69, 9.17) is 10.00 Å². The number of nitriles is 1. The molecule has 0 bridgehead atoms. The van der Waals surface area contributed by atoms with Gasteiger partial charge in [-0.25, -0.2) is 19.9 Å². The lowest BCUT2D eigenvalue weighted by Gasteiger charge is -2.30. The number of rotatable bonds is 6. The highest BCUT2D eigenvalue weighted by atomic mass is 19.4. The number of hydrogen-bond acceptors (Lipinski definition) is 8. The number of anilines is 1. The Kier molecular flexibility index (Phi) is 6.70. The van der Waals surface area contributed by atoms with Crippen molar-refractivity contribution in [1.29, 1.82) is 5.26 Å². The van der Waals surface area contributed by atoms with E-state index >= 15 is 0 Å². The quantitative estimate of drug-likeness (QED) is 0.265. The largest absolute Gasteiger partial charge is 0.418 e. The van der Waals surface area contributed by atoms with Crippen molar-refractivity contribution in [3.63, 3.8) is 0 Å². The van der Waals surface area contributed by atoms with Crippen LogP contribution in [0.4, 0.5) is 32.2 Å². The fourth-order valence-electron chi connectivity index (χ4n) is 3.69. The Hall–Kier alpha value is -4.32. The maximum Gasteiger partial charge on any atom is 0.418 e. The first-order valence-corrected chi connectivity index (χ1v) is 10.4. The lowest BCUT2D eigenvalue weighted by atomic mass is 10.0. The van der Waals surface area contributed by atoms with E-state index < -0.39 is 40.4 Å². The second kappa shape index (κ2) is 9.62. The van der Waals surface area contributed by atoms with Gasteiger partial charge >= 0.3 is 12.4 Å². The summed E-state index contributed by atoms with van der Waals surface area (Å²) in [6.45, 7) is 1.31. The van der Waals surface area contributed by atoms with Gasteiger partial charge in [0.1, 0.15) is 31.3 Å². The third-order valence-electron chi connectivity index (χ3n) is 5.40. The predicted octanol–water partition coefficient (Wildman–Crippen LogP) is 4.69. The number of aromatic nitrogens is 6. The summed E-state index contributed by atoms with van der Waals surface area (Å²) >= 11 is 0. The minimum Gasteiger partial charge on any atom is -0.364 e. The summed E-state index contributed by atoms with van der Waals surface area (Å²) in [5, 5.41) is 12.6. The first kappa shape index (κ1) is 25.8. The SMILES string of the molecule is COCN(c1ncnc2c(C(F)(F)F)cc(C(F)(F)F)cc12)[C@@H](C)c1ncnn1-c1ccc(C#N)cn1. The van der Waals surface area contributed by atoms with Crippen LogP contribution in [0.25, 0.3) is 16.7 Å². The fourth-order valence-corrected chi connectivity index (χ4v) is 3.69. The van der Waals surface area contributed by atoms with Gasteiger partial charge in [0.25, 0.3) is 0 Å². The highest BCUT2D eigenvalue weighted by Crippen LogP contribution is 2.42. The number of hydrogen-bond donors (Lipinski definition) is 0. The molecule has 9 nitrogen and oxygen atoms in total. The molecule has 3 heterocycles. The molecule has 4 aromatic rings. The zero-order valence-electron chi connectivity index (χ0n) is 19.1. The van der Waals surface area contributed by atoms with Crippen LogP contribution in [0.5, 0.6) is 0 Å². The molecule has 15 heteroatoms. The van der Waals surface area contributed by atoms with Crippen molar-refractivity contribution >= 4 is 16.7 Å². The number of alkyl halides is 6. The predicted molar refractivity (Wildman–Crippen MR) is 116 cm³/mol. The average molecular weight is 522 g/mol. The van der Waals surface area contributed by atoms with Gasteiger partial charge in [0.05, 0.1) is 28.2 Å². The molecular formula is C22H16F6N8O. The summed E-state index contributed by atoms with van der Waals surface area (Å²) in [7, 11) is 1.30. The van der Waals surface area contributed by atoms with Gasteiger partial charge in [0.15, 0.2) is 11.6 Å². The minimum atomic E-state index is -5.11. The topological polar surface area (TPSA) is 106 Å². The van der Waals surface area contributed by atoms with E-state index in [0.717, 1.165) is 6.33 Å². The van der Waals surface area contributed by atoms with Crippen LogP contribution >= 0.6 is 0 Å². The minimum absolute atomic E-state index is 0.0242. The lowest BCUT2D eigenvalue weighted by molar-refractivity contribution is -0.142. The van der Waals surface area contributed by atoms with Crippen molar-refractivity contribution in [2.24, 2.45) is 0 Å². The van der Waals surface area contributed by atoms with E-state index in [1.165, 1.54) is 41.3 Å². The Balaban J connectivity index is 1.89. The number of fused-ring (bicyclic) bond motifs is 1. The summed E-state index contributed by atoms with van der Waals surface area (Å²) in [6, 6.07) is 4.71. The van der Waals surface area contributed by atoms with Crippen LogP contribution in [0, 0.1) is 11.3 Å². The van der Waals surface area contributed by atoms with Crippen LogP contribution in [0.1, 0.15) is 35.5 Å². The number of pyridine rings is 1. The summed E-state index contributed by atoms with van der Waals surface area (Å²) in [5.74, 6) is 0.268. The molecule has 0 radical (unpaired) electrons. The average Bonchev–Trinajstić information content (AvgIpc) is 3.35. The van der Waals surface area contributed by atoms with Crippen molar-refractivity contribution in [3.05, 3.63) is 65.6 Å². The molecule has 0 N–H and O–H groups in total. The van der Waals surface area contributed by atoms with E-state index in [1.807, 2.05) is 6.07 Å². The molecule has 3 aromatic heterocycles. The van der Waals surface area contributed by atoms with Gasteiger partial charge in [-0.2, -0.15) is 41.4 Å². The molecule has 0 unspecified atom stereocenters. The van der Waals surface area contributed by atoms with E-state index in [-0.39, 0.29) is 30.3 Å². The molecule has 0 saturated heterocycles. The second-order valence-corrected chi connectivity index (χ2v) is 7.72. The van der Waals surface area contributed by atoms with Gasteiger partial charge in [-0.15, -0.1) is 0 Å². The van der Waals surface area contributed by atoms with E-state index in [1.54, 1.807) is 6.92 Å². The van der Waals surface area contributed by atoms with Crippen LogP contribution in [0.3, 0.4) is 0 Å². The maximum atomic E-state index is 13.7. The van der Waals surface area contributed by atoms with Crippen LogP contribution in [-0.4, -0.2) is 43.6 Å². The highest BCUT2D eigenvalue weighted by Gasteiger charge is 2.39. The van der Waals surface area contributed by atoms with Crippen molar-refractivity contribution < 1.29 is 31.1 Å². The van der Waals surface area contributed by atoms with Crippen molar-refractivity contribution in [2.45, 2.75) is 25.3 Å². The molecule has 0 aliphatic rings. The molecule has 0 amide bonds. The molecule has 1 aromatic carbocycles. The summed E-state index contributed by atoms with van der Waals surface area (Å²) in [5.41, 5.74) is -3.45. The zero-order chi connectivity index (χ0) is 27.0. The van der Waals surface area contributed by atoms with Gasteiger partial charge in [-0.1, -0.05) is 0 Å². The molecular weight excluding hydrogens is 506 g/mol. The van der Waals surface area contributed by atoms with Crippen molar-refractivity contribution in [2.75, 3.05) is 18.7 Å². The van der Waals surface area contributed by atoms with Gasteiger partial charge in [-0.05, 0) is 31.2 Å². The first-order valence-electron chi connectivity index (χ1n) is 10.4. The van der Waals surface area contributed by atoms with Crippen LogP contribution in [0.15, 0.2) is 43.1 Å². The molecule has 192 valence electrons. The summed E-state index contributed by atoms with van der Waals surface area (Å²) < 4.78 is 88.4. The molecule has 0 aliphatic carbocycles. The number of nitrogens with zero attached hydrogens (tertiary/aromatic N) is 8. The van der Waals surface area contributed by atoms with Crippen LogP contribution in [0.2, 0.25) is 0 Å². The molecule has 0 saturated carbocycles. The Bertz CT molecular complexity index is 1460. The van der Waals surface area contributed by atoms with Gasteiger partial charge < -0.3 is 9.64 Å². The Morgan fingerprint density at radius 2 is 1.78 bits per heavy atom.